The monoisotopic (exact) mass is 168 g/mol. The van der Waals surface area contributed by atoms with Crippen molar-refractivity contribution < 1.29 is 0 Å². The van der Waals surface area contributed by atoms with Crippen molar-refractivity contribution in [2.24, 2.45) is 23.7 Å². The zero-order chi connectivity index (χ0) is 9.14. The summed E-state index contributed by atoms with van der Waals surface area (Å²) in [5.41, 5.74) is 0. The molecule has 0 aromatic heterocycles. The van der Waals surface area contributed by atoms with E-state index >= 15 is 0 Å². The minimum absolute atomic E-state index is 0.876. The first-order chi connectivity index (χ1) is 5.59. The first kappa shape index (κ1) is 10.1. The molecule has 1 rings (SSSR count). The third kappa shape index (κ3) is 2.80. The van der Waals surface area contributed by atoms with E-state index < -0.39 is 0 Å². The van der Waals surface area contributed by atoms with Gasteiger partial charge in [-0.2, -0.15) is 0 Å². The Morgan fingerprint density at radius 1 is 1.17 bits per heavy atom. The molecular weight excluding hydrogens is 144 g/mol. The highest BCUT2D eigenvalue weighted by Gasteiger charge is 2.23. The van der Waals surface area contributed by atoms with Crippen LogP contribution in [0.15, 0.2) is 0 Å². The van der Waals surface area contributed by atoms with Gasteiger partial charge in [0, 0.05) is 0 Å². The first-order valence-corrected chi connectivity index (χ1v) is 5.59. The fraction of sp³-hybridized carbons (Fsp3) is 1.00. The zero-order valence-corrected chi connectivity index (χ0v) is 9.14. The standard InChI is InChI=1S/C12H24/c1-9(2)11(4)8-12-6-5-10(3)7-12/h9-12H,5-8H2,1-4H3. The van der Waals surface area contributed by atoms with Gasteiger partial charge in [-0.1, -0.05) is 40.5 Å². The van der Waals surface area contributed by atoms with Crippen molar-refractivity contribution in [3.05, 3.63) is 0 Å². The molecule has 0 nitrogen and oxygen atoms in total. The summed E-state index contributed by atoms with van der Waals surface area (Å²) >= 11 is 0. The molecule has 0 saturated heterocycles. The van der Waals surface area contributed by atoms with Gasteiger partial charge in [0.1, 0.15) is 0 Å². The molecule has 0 spiro atoms. The van der Waals surface area contributed by atoms with Crippen LogP contribution in [0.4, 0.5) is 0 Å². The van der Waals surface area contributed by atoms with Gasteiger partial charge < -0.3 is 0 Å². The summed E-state index contributed by atoms with van der Waals surface area (Å²) in [4.78, 5) is 0. The van der Waals surface area contributed by atoms with Gasteiger partial charge in [-0.3, -0.25) is 0 Å². The molecule has 0 aliphatic heterocycles. The average Bonchev–Trinajstić information content (AvgIpc) is 2.35. The minimum atomic E-state index is 0.876. The summed E-state index contributed by atoms with van der Waals surface area (Å²) < 4.78 is 0. The molecule has 72 valence electrons. The van der Waals surface area contributed by atoms with Crippen LogP contribution >= 0.6 is 0 Å². The molecule has 0 heteroatoms. The molecule has 0 aromatic rings. The Hall–Kier alpha value is 0. The molecule has 1 aliphatic rings. The number of hydrogen-bond donors (Lipinski definition) is 0. The van der Waals surface area contributed by atoms with Crippen LogP contribution in [0.1, 0.15) is 53.4 Å². The van der Waals surface area contributed by atoms with E-state index in [-0.39, 0.29) is 0 Å². The Balaban J connectivity index is 2.23. The van der Waals surface area contributed by atoms with Crippen molar-refractivity contribution in [1.82, 2.24) is 0 Å². The molecule has 12 heavy (non-hydrogen) atoms. The van der Waals surface area contributed by atoms with Crippen LogP contribution < -0.4 is 0 Å². The van der Waals surface area contributed by atoms with Gasteiger partial charge in [-0.15, -0.1) is 0 Å². The molecule has 0 heterocycles. The van der Waals surface area contributed by atoms with Gasteiger partial charge in [0.05, 0.1) is 0 Å². The lowest BCUT2D eigenvalue weighted by atomic mass is 9.87. The highest BCUT2D eigenvalue weighted by atomic mass is 14.3. The van der Waals surface area contributed by atoms with E-state index in [0.717, 1.165) is 23.7 Å². The molecule has 0 N–H and O–H groups in total. The number of rotatable bonds is 3. The van der Waals surface area contributed by atoms with E-state index in [4.69, 9.17) is 0 Å². The molecule has 0 aromatic carbocycles. The van der Waals surface area contributed by atoms with Crippen molar-refractivity contribution in [1.29, 1.82) is 0 Å². The summed E-state index contributed by atoms with van der Waals surface area (Å²) in [6.07, 6.45) is 5.95. The Bertz CT molecular complexity index is 126. The average molecular weight is 168 g/mol. The minimum Gasteiger partial charge on any atom is -0.0625 e. The summed E-state index contributed by atoms with van der Waals surface area (Å²) in [5.74, 6) is 3.87. The number of hydrogen-bond acceptors (Lipinski definition) is 0. The Labute approximate surface area is 77.7 Å². The summed E-state index contributed by atoms with van der Waals surface area (Å²) in [7, 11) is 0. The van der Waals surface area contributed by atoms with Gasteiger partial charge in [0.25, 0.3) is 0 Å². The van der Waals surface area contributed by atoms with Crippen molar-refractivity contribution >= 4 is 0 Å². The normalized spacial score (nSPS) is 32.8. The third-order valence-electron chi connectivity index (χ3n) is 3.65. The zero-order valence-electron chi connectivity index (χ0n) is 9.14. The maximum absolute atomic E-state index is 2.41. The van der Waals surface area contributed by atoms with E-state index in [1.807, 2.05) is 0 Å². The topological polar surface area (TPSA) is 0 Å². The SMILES string of the molecule is CC1CCC(CC(C)C(C)C)C1. The van der Waals surface area contributed by atoms with E-state index in [0.29, 0.717) is 0 Å². The molecule has 1 saturated carbocycles. The highest BCUT2D eigenvalue weighted by molar-refractivity contribution is 4.75. The van der Waals surface area contributed by atoms with Crippen LogP contribution in [-0.2, 0) is 0 Å². The van der Waals surface area contributed by atoms with Crippen molar-refractivity contribution in [2.45, 2.75) is 53.4 Å². The van der Waals surface area contributed by atoms with Crippen molar-refractivity contribution in [3.8, 4) is 0 Å². The fourth-order valence-electron chi connectivity index (χ4n) is 2.34. The molecule has 3 atom stereocenters. The first-order valence-electron chi connectivity index (χ1n) is 5.59. The van der Waals surface area contributed by atoms with Crippen LogP contribution in [0.5, 0.6) is 0 Å². The van der Waals surface area contributed by atoms with Crippen LogP contribution in [0.2, 0.25) is 0 Å². The smallest absolute Gasteiger partial charge is 0.0409 e. The summed E-state index contributed by atoms with van der Waals surface area (Å²) in [5, 5.41) is 0. The maximum atomic E-state index is 2.41. The van der Waals surface area contributed by atoms with Crippen LogP contribution in [0.3, 0.4) is 0 Å². The van der Waals surface area contributed by atoms with Gasteiger partial charge in [0.2, 0.25) is 0 Å². The molecule has 3 unspecified atom stereocenters. The Morgan fingerprint density at radius 3 is 2.25 bits per heavy atom. The lowest BCUT2D eigenvalue weighted by molar-refractivity contribution is 0.317. The van der Waals surface area contributed by atoms with E-state index in [2.05, 4.69) is 27.7 Å². The molecule has 0 radical (unpaired) electrons. The van der Waals surface area contributed by atoms with Crippen LogP contribution in [0, 0.1) is 23.7 Å². The Morgan fingerprint density at radius 2 is 1.83 bits per heavy atom. The van der Waals surface area contributed by atoms with E-state index in [1.54, 1.807) is 0 Å². The van der Waals surface area contributed by atoms with Gasteiger partial charge in [-0.25, -0.2) is 0 Å². The Kier molecular flexibility index (Phi) is 3.61. The lowest BCUT2D eigenvalue weighted by Crippen LogP contribution is -2.09. The lowest BCUT2D eigenvalue weighted by Gasteiger charge is -2.19. The van der Waals surface area contributed by atoms with Crippen LogP contribution in [0.25, 0.3) is 0 Å². The second-order valence-corrected chi connectivity index (χ2v) is 5.24. The van der Waals surface area contributed by atoms with Gasteiger partial charge >= 0.3 is 0 Å². The van der Waals surface area contributed by atoms with Gasteiger partial charge in [0.15, 0.2) is 0 Å². The largest absolute Gasteiger partial charge is 0.0625 e. The fourth-order valence-corrected chi connectivity index (χ4v) is 2.34. The van der Waals surface area contributed by atoms with Crippen molar-refractivity contribution in [2.75, 3.05) is 0 Å². The molecule has 0 bridgehead atoms. The van der Waals surface area contributed by atoms with Crippen molar-refractivity contribution in [3.63, 3.8) is 0 Å². The summed E-state index contributed by atoms with van der Waals surface area (Å²) in [6, 6.07) is 0. The quantitative estimate of drug-likeness (QED) is 0.595. The third-order valence-corrected chi connectivity index (χ3v) is 3.65. The second-order valence-electron chi connectivity index (χ2n) is 5.24. The maximum Gasteiger partial charge on any atom is -0.0409 e. The highest BCUT2D eigenvalue weighted by Crippen LogP contribution is 2.35. The predicted molar refractivity (Wildman–Crippen MR) is 55.1 cm³/mol. The van der Waals surface area contributed by atoms with E-state index in [9.17, 15) is 0 Å². The molecule has 1 fully saturated rings. The van der Waals surface area contributed by atoms with Crippen LogP contribution in [-0.4, -0.2) is 0 Å². The predicted octanol–water partition coefficient (Wildman–Crippen LogP) is 4.10. The summed E-state index contributed by atoms with van der Waals surface area (Å²) in [6.45, 7) is 9.51. The second kappa shape index (κ2) is 4.30. The van der Waals surface area contributed by atoms with Gasteiger partial charge in [-0.05, 0) is 36.5 Å². The molecule has 0 amide bonds. The van der Waals surface area contributed by atoms with E-state index in [1.165, 1.54) is 25.7 Å². The molecule has 1 aliphatic carbocycles. The molecular formula is C12H24.